The third kappa shape index (κ3) is 3.98. The summed E-state index contributed by atoms with van der Waals surface area (Å²) >= 11 is 5.11. The van der Waals surface area contributed by atoms with Gasteiger partial charge in [0.25, 0.3) is 0 Å². The molecule has 86 valence electrons. The molecule has 3 nitrogen and oxygen atoms in total. The van der Waals surface area contributed by atoms with Crippen LogP contribution in [0.15, 0.2) is 23.2 Å². The van der Waals surface area contributed by atoms with Crippen LogP contribution in [-0.2, 0) is 0 Å². The van der Waals surface area contributed by atoms with Gasteiger partial charge in [-0.15, -0.1) is 0 Å². The van der Waals surface area contributed by atoms with E-state index in [1.165, 1.54) is 11.1 Å². The zero-order chi connectivity index (χ0) is 12.1. The predicted octanol–water partition coefficient (Wildman–Crippen LogP) is 2.59. The molecule has 1 N–H and O–H groups in total. The molecule has 0 aromatic heterocycles. The third-order valence-electron chi connectivity index (χ3n) is 2.03. The normalized spacial score (nSPS) is 10.5. The van der Waals surface area contributed by atoms with E-state index in [1.54, 1.807) is 6.34 Å². The molecule has 0 bridgehead atoms. The van der Waals surface area contributed by atoms with Gasteiger partial charge in [0, 0.05) is 19.8 Å². The van der Waals surface area contributed by atoms with E-state index in [9.17, 15) is 0 Å². The van der Waals surface area contributed by atoms with Crippen molar-refractivity contribution >= 4 is 29.4 Å². The van der Waals surface area contributed by atoms with Gasteiger partial charge in [-0.2, -0.15) is 0 Å². The maximum absolute atomic E-state index is 5.11. The Morgan fingerprint density at radius 3 is 2.62 bits per heavy atom. The Morgan fingerprint density at radius 1 is 1.38 bits per heavy atom. The van der Waals surface area contributed by atoms with Crippen LogP contribution in [-0.4, -0.2) is 30.4 Å². The van der Waals surface area contributed by atoms with Gasteiger partial charge in [-0.05, 0) is 37.7 Å². The number of aryl methyl sites for hydroxylation is 2. The molecule has 0 saturated heterocycles. The summed E-state index contributed by atoms with van der Waals surface area (Å²) in [6.45, 7) is 4.12. The van der Waals surface area contributed by atoms with Gasteiger partial charge >= 0.3 is 0 Å². The van der Waals surface area contributed by atoms with Crippen LogP contribution in [0.2, 0.25) is 0 Å². The summed E-state index contributed by atoms with van der Waals surface area (Å²) < 4.78 is 0. The van der Waals surface area contributed by atoms with Crippen LogP contribution in [0.4, 0.5) is 5.69 Å². The van der Waals surface area contributed by atoms with Crippen molar-refractivity contribution in [1.82, 2.24) is 4.90 Å². The van der Waals surface area contributed by atoms with Crippen LogP contribution >= 0.6 is 12.2 Å². The molecule has 0 saturated carbocycles. The van der Waals surface area contributed by atoms with Crippen LogP contribution in [0.3, 0.4) is 0 Å². The number of benzene rings is 1. The Hall–Kier alpha value is -1.42. The van der Waals surface area contributed by atoms with Crippen LogP contribution in [0, 0.1) is 13.8 Å². The first-order valence-electron chi connectivity index (χ1n) is 5.08. The van der Waals surface area contributed by atoms with Gasteiger partial charge in [-0.25, -0.2) is 4.99 Å². The van der Waals surface area contributed by atoms with Crippen molar-refractivity contribution in [1.29, 1.82) is 0 Å². The van der Waals surface area contributed by atoms with Gasteiger partial charge in [-0.1, -0.05) is 17.7 Å². The minimum atomic E-state index is 0.473. The standard InChI is InChI=1S/C12H17N3S/c1-9-5-6-11(10(2)7-9)14-12(16)13-8-15(3)4/h5-8H,1-4H3,(H,14,16). The largest absolute Gasteiger partial charge is 0.369 e. The van der Waals surface area contributed by atoms with E-state index in [0.29, 0.717) is 5.11 Å². The average molecular weight is 235 g/mol. The first-order chi connectivity index (χ1) is 7.49. The lowest BCUT2D eigenvalue weighted by molar-refractivity contribution is 0.644. The Bertz CT molecular complexity index is 411. The second-order valence-corrected chi connectivity index (χ2v) is 4.34. The van der Waals surface area contributed by atoms with Gasteiger partial charge in [0.2, 0.25) is 0 Å². The summed E-state index contributed by atoms with van der Waals surface area (Å²) in [6.07, 6.45) is 1.68. The Kier molecular flexibility index (Phi) is 4.43. The minimum absolute atomic E-state index is 0.473. The van der Waals surface area contributed by atoms with Crippen molar-refractivity contribution < 1.29 is 0 Å². The molecule has 16 heavy (non-hydrogen) atoms. The molecule has 1 aromatic carbocycles. The number of thiocarbonyl (C=S) groups is 1. The highest BCUT2D eigenvalue weighted by molar-refractivity contribution is 7.80. The number of rotatable bonds is 2. The van der Waals surface area contributed by atoms with E-state index >= 15 is 0 Å². The number of aliphatic imine (C=N–C) groups is 1. The molecule has 0 unspecified atom stereocenters. The zero-order valence-corrected chi connectivity index (χ0v) is 10.9. The summed E-state index contributed by atoms with van der Waals surface area (Å²) in [6, 6.07) is 6.18. The molecule has 0 amide bonds. The second-order valence-electron chi connectivity index (χ2n) is 3.96. The maximum Gasteiger partial charge on any atom is 0.198 e. The predicted molar refractivity (Wildman–Crippen MR) is 74.3 cm³/mol. The first-order valence-corrected chi connectivity index (χ1v) is 5.48. The van der Waals surface area contributed by atoms with E-state index in [-0.39, 0.29) is 0 Å². The number of hydrogen-bond donors (Lipinski definition) is 1. The van der Waals surface area contributed by atoms with Crippen LogP contribution < -0.4 is 5.32 Å². The van der Waals surface area contributed by atoms with E-state index < -0.39 is 0 Å². The molecule has 0 aliphatic carbocycles. The van der Waals surface area contributed by atoms with E-state index in [1.807, 2.05) is 38.1 Å². The molecule has 0 aliphatic heterocycles. The molecular formula is C12H17N3S. The Balaban J connectivity index is 2.70. The monoisotopic (exact) mass is 235 g/mol. The summed E-state index contributed by atoms with van der Waals surface area (Å²) in [5.74, 6) is 0. The number of hydrogen-bond acceptors (Lipinski definition) is 1. The maximum atomic E-state index is 5.11. The molecular weight excluding hydrogens is 218 g/mol. The summed E-state index contributed by atoms with van der Waals surface area (Å²) in [5.41, 5.74) is 3.42. The fourth-order valence-corrected chi connectivity index (χ4v) is 1.43. The molecule has 1 rings (SSSR count). The number of nitrogens with zero attached hydrogens (tertiary/aromatic N) is 2. The number of nitrogens with one attached hydrogen (secondary N) is 1. The molecule has 0 aliphatic rings. The smallest absolute Gasteiger partial charge is 0.198 e. The van der Waals surface area contributed by atoms with E-state index in [4.69, 9.17) is 12.2 Å². The fourth-order valence-electron chi connectivity index (χ4n) is 1.27. The van der Waals surface area contributed by atoms with Crippen molar-refractivity contribution in [3.63, 3.8) is 0 Å². The fraction of sp³-hybridized carbons (Fsp3) is 0.333. The van der Waals surface area contributed by atoms with E-state index in [0.717, 1.165) is 5.69 Å². The summed E-state index contributed by atoms with van der Waals surface area (Å²) in [4.78, 5) is 5.95. The van der Waals surface area contributed by atoms with Gasteiger partial charge in [-0.3, -0.25) is 0 Å². The topological polar surface area (TPSA) is 27.6 Å². The molecule has 0 spiro atoms. The average Bonchev–Trinajstić information content (AvgIpc) is 2.19. The summed E-state index contributed by atoms with van der Waals surface area (Å²) in [7, 11) is 3.81. The number of anilines is 1. The minimum Gasteiger partial charge on any atom is -0.369 e. The van der Waals surface area contributed by atoms with Gasteiger partial charge in [0.15, 0.2) is 5.11 Å². The highest BCUT2D eigenvalue weighted by Crippen LogP contribution is 2.16. The zero-order valence-electron chi connectivity index (χ0n) is 10.1. The van der Waals surface area contributed by atoms with Crippen LogP contribution in [0.25, 0.3) is 0 Å². The van der Waals surface area contributed by atoms with Gasteiger partial charge in [0.1, 0.15) is 0 Å². The molecule has 0 heterocycles. The molecule has 1 aromatic rings. The first kappa shape index (κ1) is 12.6. The van der Waals surface area contributed by atoms with Crippen molar-refractivity contribution in [2.24, 2.45) is 4.99 Å². The SMILES string of the molecule is Cc1ccc(NC(=S)N=CN(C)C)c(C)c1. The van der Waals surface area contributed by atoms with Crippen molar-refractivity contribution in [2.45, 2.75) is 13.8 Å². The highest BCUT2D eigenvalue weighted by Gasteiger charge is 1.99. The molecule has 0 radical (unpaired) electrons. The molecule has 0 atom stereocenters. The van der Waals surface area contributed by atoms with Crippen molar-refractivity contribution in [3.05, 3.63) is 29.3 Å². The third-order valence-corrected chi connectivity index (χ3v) is 2.24. The van der Waals surface area contributed by atoms with E-state index in [2.05, 4.69) is 23.3 Å². The van der Waals surface area contributed by atoms with Crippen molar-refractivity contribution in [3.8, 4) is 0 Å². The quantitative estimate of drug-likeness (QED) is 0.485. The highest BCUT2D eigenvalue weighted by atomic mass is 32.1. The van der Waals surface area contributed by atoms with Crippen LogP contribution in [0.1, 0.15) is 11.1 Å². The molecule has 4 heteroatoms. The Labute approximate surface area is 102 Å². The molecule has 0 fully saturated rings. The van der Waals surface area contributed by atoms with Gasteiger partial charge in [0.05, 0.1) is 6.34 Å². The van der Waals surface area contributed by atoms with Gasteiger partial charge < -0.3 is 10.2 Å². The lowest BCUT2D eigenvalue weighted by atomic mass is 10.1. The van der Waals surface area contributed by atoms with Crippen LogP contribution in [0.5, 0.6) is 0 Å². The second kappa shape index (κ2) is 5.61. The van der Waals surface area contributed by atoms with Crippen molar-refractivity contribution in [2.75, 3.05) is 19.4 Å². The lowest BCUT2D eigenvalue weighted by Crippen LogP contribution is -2.13. The summed E-state index contributed by atoms with van der Waals surface area (Å²) in [5, 5.41) is 3.57. The Morgan fingerprint density at radius 2 is 2.06 bits per heavy atom. The lowest BCUT2D eigenvalue weighted by Gasteiger charge is -2.09.